The van der Waals surface area contributed by atoms with Crippen molar-refractivity contribution in [2.75, 3.05) is 13.1 Å². The van der Waals surface area contributed by atoms with E-state index in [1.54, 1.807) is 19.6 Å². The molecule has 0 saturated carbocycles. The van der Waals surface area contributed by atoms with Crippen molar-refractivity contribution in [1.29, 1.82) is 0 Å². The number of aromatic nitrogens is 3. The number of carbonyl (C=O) groups is 1. The first-order chi connectivity index (χ1) is 12.0. The molecule has 1 aromatic heterocycles. The topological polar surface area (TPSA) is 51.0 Å². The number of Topliss-reactive ketones (excluding diaryl/α,β-unsaturated/α-hetero) is 1. The van der Waals surface area contributed by atoms with Gasteiger partial charge in [-0.3, -0.25) is 14.4 Å². The highest BCUT2D eigenvalue weighted by atomic mass is 16.1. The summed E-state index contributed by atoms with van der Waals surface area (Å²) in [7, 11) is 0. The summed E-state index contributed by atoms with van der Waals surface area (Å²) in [6.07, 6.45) is 5.85. The summed E-state index contributed by atoms with van der Waals surface area (Å²) in [6.45, 7) is 12.0. The lowest BCUT2D eigenvalue weighted by Gasteiger charge is -2.33. The molecule has 1 aliphatic rings. The third-order valence-corrected chi connectivity index (χ3v) is 5.38. The standard InChI is InChI=1S/C20H28N4O/c1-14-8-15(2)20(17(4)25)16(3)19(14)11-23-7-5-6-18(9-23)10-24-13-21-12-22-24/h8,12-13,18H,5-7,9-11H2,1-4H3. The van der Waals surface area contributed by atoms with Crippen molar-refractivity contribution in [2.24, 2.45) is 5.92 Å². The van der Waals surface area contributed by atoms with Crippen molar-refractivity contribution >= 4 is 5.78 Å². The van der Waals surface area contributed by atoms with Crippen LogP contribution >= 0.6 is 0 Å². The average molecular weight is 340 g/mol. The maximum atomic E-state index is 12.0. The molecule has 0 N–H and O–H groups in total. The molecule has 1 unspecified atom stereocenters. The molecule has 0 bridgehead atoms. The number of aryl methyl sites for hydroxylation is 2. The van der Waals surface area contributed by atoms with Crippen molar-refractivity contribution in [3.63, 3.8) is 0 Å². The van der Waals surface area contributed by atoms with Gasteiger partial charge in [0.15, 0.2) is 5.78 Å². The number of ketones is 1. The number of hydrogen-bond donors (Lipinski definition) is 0. The average Bonchev–Trinajstić information content (AvgIpc) is 3.04. The van der Waals surface area contributed by atoms with Crippen LogP contribution in [0.25, 0.3) is 0 Å². The largest absolute Gasteiger partial charge is 0.299 e. The van der Waals surface area contributed by atoms with Crippen LogP contribution in [-0.2, 0) is 13.1 Å². The molecular formula is C20H28N4O. The van der Waals surface area contributed by atoms with Crippen molar-refractivity contribution in [2.45, 2.75) is 53.6 Å². The van der Waals surface area contributed by atoms with Crippen LogP contribution in [-0.4, -0.2) is 38.5 Å². The fraction of sp³-hybridized carbons (Fsp3) is 0.550. The molecule has 1 aliphatic heterocycles. The molecule has 0 spiro atoms. The maximum Gasteiger partial charge on any atom is 0.160 e. The third-order valence-electron chi connectivity index (χ3n) is 5.38. The molecule has 25 heavy (non-hydrogen) atoms. The highest BCUT2D eigenvalue weighted by molar-refractivity contribution is 5.97. The second-order valence-corrected chi connectivity index (χ2v) is 7.41. The third kappa shape index (κ3) is 3.98. The SMILES string of the molecule is CC(=O)c1c(C)cc(C)c(CN2CCCC(Cn3cncn3)C2)c1C. The van der Waals surface area contributed by atoms with E-state index in [4.69, 9.17) is 0 Å². The molecule has 0 aliphatic carbocycles. The van der Waals surface area contributed by atoms with Gasteiger partial charge < -0.3 is 0 Å². The number of nitrogens with zero attached hydrogens (tertiary/aromatic N) is 4. The Morgan fingerprint density at radius 2 is 2.08 bits per heavy atom. The van der Waals surface area contributed by atoms with E-state index in [1.807, 2.05) is 11.6 Å². The first-order valence-corrected chi connectivity index (χ1v) is 9.11. The number of likely N-dealkylation sites (tertiary alicyclic amines) is 1. The van der Waals surface area contributed by atoms with Gasteiger partial charge in [-0.05, 0) is 75.3 Å². The Labute approximate surface area is 150 Å². The van der Waals surface area contributed by atoms with Crippen LogP contribution in [0.2, 0.25) is 0 Å². The minimum absolute atomic E-state index is 0.166. The predicted octanol–water partition coefficient (Wildman–Crippen LogP) is 3.32. The van der Waals surface area contributed by atoms with Crippen molar-refractivity contribution < 1.29 is 4.79 Å². The summed E-state index contributed by atoms with van der Waals surface area (Å²) in [5, 5.41) is 4.24. The van der Waals surface area contributed by atoms with Gasteiger partial charge in [-0.2, -0.15) is 5.10 Å². The monoisotopic (exact) mass is 340 g/mol. The number of piperidine rings is 1. The first-order valence-electron chi connectivity index (χ1n) is 9.11. The number of hydrogen-bond acceptors (Lipinski definition) is 4. The molecule has 1 atom stereocenters. The van der Waals surface area contributed by atoms with E-state index < -0.39 is 0 Å². The molecule has 134 valence electrons. The number of rotatable bonds is 5. The molecule has 0 radical (unpaired) electrons. The molecule has 5 heteroatoms. The second-order valence-electron chi connectivity index (χ2n) is 7.41. The molecule has 2 aromatic rings. The normalized spacial score (nSPS) is 18.5. The molecule has 3 rings (SSSR count). The molecule has 5 nitrogen and oxygen atoms in total. The smallest absolute Gasteiger partial charge is 0.160 e. The quantitative estimate of drug-likeness (QED) is 0.784. The van der Waals surface area contributed by atoms with Gasteiger partial charge in [-0.1, -0.05) is 6.07 Å². The lowest BCUT2D eigenvalue weighted by molar-refractivity contribution is 0.101. The highest BCUT2D eigenvalue weighted by Crippen LogP contribution is 2.26. The summed E-state index contributed by atoms with van der Waals surface area (Å²) in [4.78, 5) is 18.6. The lowest BCUT2D eigenvalue weighted by Crippen LogP contribution is -2.37. The summed E-state index contributed by atoms with van der Waals surface area (Å²) >= 11 is 0. The molecule has 1 saturated heterocycles. The zero-order valence-electron chi connectivity index (χ0n) is 15.7. The fourth-order valence-electron chi connectivity index (χ4n) is 4.27. The van der Waals surface area contributed by atoms with Gasteiger partial charge in [-0.15, -0.1) is 0 Å². The summed E-state index contributed by atoms with van der Waals surface area (Å²) < 4.78 is 1.93. The summed E-state index contributed by atoms with van der Waals surface area (Å²) in [5.74, 6) is 0.771. The Morgan fingerprint density at radius 1 is 1.28 bits per heavy atom. The minimum Gasteiger partial charge on any atom is -0.299 e. The van der Waals surface area contributed by atoms with Crippen molar-refractivity contribution in [1.82, 2.24) is 19.7 Å². The van der Waals surface area contributed by atoms with E-state index in [0.717, 1.165) is 42.9 Å². The Hall–Kier alpha value is -2.01. The Morgan fingerprint density at radius 3 is 2.76 bits per heavy atom. The van der Waals surface area contributed by atoms with Gasteiger partial charge in [0.1, 0.15) is 12.7 Å². The van der Waals surface area contributed by atoms with Crippen LogP contribution in [0.1, 0.15) is 52.4 Å². The van der Waals surface area contributed by atoms with Crippen LogP contribution in [0.4, 0.5) is 0 Å². The van der Waals surface area contributed by atoms with Crippen molar-refractivity contribution in [3.8, 4) is 0 Å². The number of carbonyl (C=O) groups excluding carboxylic acids is 1. The summed E-state index contributed by atoms with van der Waals surface area (Å²) in [6, 6.07) is 2.16. The molecular weight excluding hydrogens is 312 g/mol. The maximum absolute atomic E-state index is 12.0. The molecule has 2 heterocycles. The van der Waals surface area contributed by atoms with Gasteiger partial charge >= 0.3 is 0 Å². The van der Waals surface area contributed by atoms with E-state index in [2.05, 4.69) is 34.9 Å². The van der Waals surface area contributed by atoms with Crippen LogP contribution in [0.15, 0.2) is 18.7 Å². The predicted molar refractivity (Wildman–Crippen MR) is 98.7 cm³/mol. The first kappa shape index (κ1) is 17.8. The molecule has 0 amide bonds. The Kier molecular flexibility index (Phi) is 5.33. The van der Waals surface area contributed by atoms with Crippen LogP contribution in [0.3, 0.4) is 0 Å². The van der Waals surface area contributed by atoms with Crippen LogP contribution in [0.5, 0.6) is 0 Å². The van der Waals surface area contributed by atoms with Crippen LogP contribution < -0.4 is 0 Å². The highest BCUT2D eigenvalue weighted by Gasteiger charge is 2.23. The lowest BCUT2D eigenvalue weighted by atomic mass is 9.90. The van der Waals surface area contributed by atoms with Gasteiger partial charge in [0, 0.05) is 25.2 Å². The summed E-state index contributed by atoms with van der Waals surface area (Å²) in [5.41, 5.74) is 5.75. The van der Waals surface area contributed by atoms with E-state index in [9.17, 15) is 4.79 Å². The van der Waals surface area contributed by atoms with Gasteiger partial charge in [0.25, 0.3) is 0 Å². The molecule has 1 aromatic carbocycles. The zero-order chi connectivity index (χ0) is 18.0. The fourth-order valence-corrected chi connectivity index (χ4v) is 4.27. The molecule has 1 fully saturated rings. The van der Waals surface area contributed by atoms with E-state index in [0.29, 0.717) is 5.92 Å². The van der Waals surface area contributed by atoms with Crippen molar-refractivity contribution in [3.05, 3.63) is 46.5 Å². The zero-order valence-corrected chi connectivity index (χ0v) is 15.7. The van der Waals surface area contributed by atoms with Gasteiger partial charge in [0.05, 0.1) is 0 Å². The van der Waals surface area contributed by atoms with Gasteiger partial charge in [-0.25, -0.2) is 4.98 Å². The van der Waals surface area contributed by atoms with E-state index in [1.165, 1.54) is 24.0 Å². The Balaban J connectivity index is 1.75. The van der Waals surface area contributed by atoms with Crippen LogP contribution in [0, 0.1) is 26.7 Å². The Bertz CT molecular complexity index is 752. The number of benzene rings is 1. The van der Waals surface area contributed by atoms with Gasteiger partial charge in [0.2, 0.25) is 0 Å². The van der Waals surface area contributed by atoms with E-state index >= 15 is 0 Å². The minimum atomic E-state index is 0.166. The van der Waals surface area contributed by atoms with E-state index in [-0.39, 0.29) is 5.78 Å². The second kappa shape index (κ2) is 7.48.